The molecule has 0 aliphatic carbocycles. The van der Waals surface area contributed by atoms with E-state index in [0.717, 1.165) is 12.1 Å². The van der Waals surface area contributed by atoms with Crippen LogP contribution in [0.2, 0.25) is 0 Å². The topological polar surface area (TPSA) is 65.9 Å². The number of aliphatic hydroxyl groups is 1. The predicted octanol–water partition coefficient (Wildman–Crippen LogP) is 3.36. The van der Waals surface area contributed by atoms with Gasteiger partial charge in [-0.25, -0.2) is 0 Å². The van der Waals surface area contributed by atoms with E-state index in [1.165, 1.54) is 6.07 Å². The van der Waals surface area contributed by atoms with Crippen molar-refractivity contribution < 1.29 is 23.0 Å². The average molecular weight is 389 g/mol. The lowest BCUT2D eigenvalue weighted by atomic mass is 10.1. The largest absolute Gasteiger partial charge is 0.416 e. The van der Waals surface area contributed by atoms with Gasteiger partial charge in [0, 0.05) is 13.2 Å². The molecule has 0 amide bonds. The molecule has 0 heterocycles. The number of aliphatic hydroxyl groups excluding tert-OH is 1. The predicted molar refractivity (Wildman–Crippen MR) is 101 cm³/mol. The summed E-state index contributed by atoms with van der Waals surface area (Å²) < 4.78 is 44.0. The summed E-state index contributed by atoms with van der Waals surface area (Å²) in [6.07, 6.45) is -5.13. The Morgan fingerprint density at radius 2 is 1.93 bits per heavy atom. The first-order valence-electron chi connectivity index (χ1n) is 9.11. The van der Waals surface area contributed by atoms with Crippen LogP contribution in [0.1, 0.15) is 44.9 Å². The summed E-state index contributed by atoms with van der Waals surface area (Å²) in [4.78, 5) is 4.29. The molecule has 0 fully saturated rings. The standard InChI is InChI=1S/C19H30F3N3O2/c1-5-23-18(24-10-17(26)12-27-11-13(2)3)25-14(4)15-7-6-8-16(9-15)19(20,21)22/h6-9,13-14,17,26H,5,10-12H2,1-4H3,(H2,23,24,25). The van der Waals surface area contributed by atoms with E-state index in [1.807, 2.05) is 20.8 Å². The second-order valence-electron chi connectivity index (χ2n) is 6.79. The Hall–Kier alpha value is -1.80. The third-order valence-corrected chi connectivity index (χ3v) is 3.63. The van der Waals surface area contributed by atoms with Crippen molar-refractivity contribution in [1.82, 2.24) is 10.6 Å². The molecule has 0 aliphatic heterocycles. The Balaban J connectivity index is 2.70. The van der Waals surface area contributed by atoms with Crippen LogP contribution < -0.4 is 10.6 Å². The average Bonchev–Trinajstić information content (AvgIpc) is 2.59. The smallest absolute Gasteiger partial charge is 0.389 e. The van der Waals surface area contributed by atoms with Crippen LogP contribution in [-0.4, -0.2) is 43.5 Å². The molecule has 5 nitrogen and oxygen atoms in total. The molecule has 0 spiro atoms. The van der Waals surface area contributed by atoms with Crippen molar-refractivity contribution in [3.63, 3.8) is 0 Å². The molecule has 8 heteroatoms. The molecule has 0 bridgehead atoms. The molecule has 27 heavy (non-hydrogen) atoms. The lowest BCUT2D eigenvalue weighted by Gasteiger charge is -2.20. The van der Waals surface area contributed by atoms with Crippen LogP contribution in [0.3, 0.4) is 0 Å². The van der Waals surface area contributed by atoms with Crippen LogP contribution in [0.4, 0.5) is 13.2 Å². The molecular weight excluding hydrogens is 359 g/mol. The SMILES string of the molecule is CCNC(=NCC(O)COCC(C)C)NC(C)c1cccc(C(F)(F)F)c1. The molecule has 1 aromatic carbocycles. The van der Waals surface area contributed by atoms with Gasteiger partial charge in [-0.05, 0) is 37.5 Å². The van der Waals surface area contributed by atoms with Crippen LogP contribution in [-0.2, 0) is 10.9 Å². The molecular formula is C19H30F3N3O2. The number of benzene rings is 1. The van der Waals surface area contributed by atoms with Crippen LogP contribution >= 0.6 is 0 Å². The number of hydrogen-bond donors (Lipinski definition) is 3. The molecule has 2 atom stereocenters. The van der Waals surface area contributed by atoms with Crippen molar-refractivity contribution in [2.75, 3.05) is 26.3 Å². The van der Waals surface area contributed by atoms with Crippen molar-refractivity contribution in [3.8, 4) is 0 Å². The Labute approximate surface area is 159 Å². The van der Waals surface area contributed by atoms with Crippen molar-refractivity contribution in [3.05, 3.63) is 35.4 Å². The molecule has 3 N–H and O–H groups in total. The Morgan fingerprint density at radius 1 is 1.22 bits per heavy atom. The fourth-order valence-corrected chi connectivity index (χ4v) is 2.28. The van der Waals surface area contributed by atoms with Gasteiger partial charge in [0.25, 0.3) is 0 Å². The first-order valence-corrected chi connectivity index (χ1v) is 9.11. The third-order valence-electron chi connectivity index (χ3n) is 3.63. The second kappa shape index (κ2) is 11.1. The summed E-state index contributed by atoms with van der Waals surface area (Å²) in [5, 5.41) is 16.0. The van der Waals surface area contributed by atoms with E-state index in [9.17, 15) is 18.3 Å². The quantitative estimate of drug-likeness (QED) is 0.448. The molecule has 1 aromatic rings. The molecule has 0 radical (unpaired) electrons. The minimum atomic E-state index is -4.38. The molecule has 2 unspecified atom stereocenters. The maximum absolute atomic E-state index is 12.9. The molecule has 0 saturated heterocycles. The van der Waals surface area contributed by atoms with Crippen molar-refractivity contribution in [2.24, 2.45) is 10.9 Å². The van der Waals surface area contributed by atoms with E-state index >= 15 is 0 Å². The van der Waals surface area contributed by atoms with Gasteiger partial charge in [0.15, 0.2) is 5.96 Å². The second-order valence-corrected chi connectivity index (χ2v) is 6.79. The summed E-state index contributed by atoms with van der Waals surface area (Å²) in [7, 11) is 0. The molecule has 154 valence electrons. The third kappa shape index (κ3) is 9.10. The lowest BCUT2D eigenvalue weighted by Crippen LogP contribution is -2.39. The number of alkyl halides is 3. The summed E-state index contributed by atoms with van der Waals surface area (Å²) in [5.74, 6) is 0.804. The first kappa shape index (κ1) is 23.2. The zero-order valence-electron chi connectivity index (χ0n) is 16.3. The number of hydrogen-bond acceptors (Lipinski definition) is 3. The fraction of sp³-hybridized carbons (Fsp3) is 0.632. The number of rotatable bonds is 9. The van der Waals surface area contributed by atoms with E-state index in [-0.39, 0.29) is 19.2 Å². The highest BCUT2D eigenvalue weighted by molar-refractivity contribution is 5.80. The van der Waals surface area contributed by atoms with E-state index in [4.69, 9.17) is 4.74 Å². The van der Waals surface area contributed by atoms with Crippen molar-refractivity contribution >= 4 is 5.96 Å². The molecule has 0 aromatic heterocycles. The highest BCUT2D eigenvalue weighted by atomic mass is 19.4. The number of aliphatic imine (C=N–C) groups is 1. The van der Waals surface area contributed by atoms with Gasteiger partial charge in [0.1, 0.15) is 0 Å². The number of ether oxygens (including phenoxy) is 1. The Kier molecular flexibility index (Phi) is 9.59. The van der Waals surface area contributed by atoms with Gasteiger partial charge in [0.05, 0.1) is 30.9 Å². The van der Waals surface area contributed by atoms with Gasteiger partial charge >= 0.3 is 6.18 Å². The summed E-state index contributed by atoms with van der Waals surface area (Å²) >= 11 is 0. The van der Waals surface area contributed by atoms with E-state index < -0.39 is 17.8 Å². The zero-order valence-corrected chi connectivity index (χ0v) is 16.3. The molecule has 0 aliphatic rings. The number of nitrogens with zero attached hydrogens (tertiary/aromatic N) is 1. The highest BCUT2D eigenvalue weighted by Gasteiger charge is 2.30. The first-order chi connectivity index (χ1) is 12.6. The van der Waals surface area contributed by atoms with Gasteiger partial charge < -0.3 is 20.5 Å². The fourth-order valence-electron chi connectivity index (χ4n) is 2.28. The molecule has 1 rings (SSSR count). The lowest BCUT2D eigenvalue weighted by molar-refractivity contribution is -0.137. The zero-order chi connectivity index (χ0) is 20.4. The summed E-state index contributed by atoms with van der Waals surface area (Å²) in [6.45, 7) is 9.14. The Morgan fingerprint density at radius 3 is 2.52 bits per heavy atom. The minimum Gasteiger partial charge on any atom is -0.389 e. The van der Waals surface area contributed by atoms with Crippen LogP contribution in [0.5, 0.6) is 0 Å². The maximum atomic E-state index is 12.9. The monoisotopic (exact) mass is 389 g/mol. The maximum Gasteiger partial charge on any atom is 0.416 e. The van der Waals surface area contributed by atoms with Crippen molar-refractivity contribution in [1.29, 1.82) is 0 Å². The summed E-state index contributed by atoms with van der Waals surface area (Å²) in [6, 6.07) is 4.79. The normalized spacial score (nSPS) is 14.9. The van der Waals surface area contributed by atoms with E-state index in [1.54, 1.807) is 13.0 Å². The van der Waals surface area contributed by atoms with Gasteiger partial charge in [0.2, 0.25) is 0 Å². The van der Waals surface area contributed by atoms with Gasteiger partial charge in [-0.2, -0.15) is 13.2 Å². The summed E-state index contributed by atoms with van der Waals surface area (Å²) in [5.41, 5.74) is -0.190. The van der Waals surface area contributed by atoms with Crippen LogP contribution in [0.25, 0.3) is 0 Å². The van der Waals surface area contributed by atoms with Gasteiger partial charge in [-0.1, -0.05) is 26.0 Å². The number of guanidine groups is 1. The van der Waals surface area contributed by atoms with Gasteiger partial charge in [-0.15, -0.1) is 0 Å². The van der Waals surface area contributed by atoms with E-state index in [0.29, 0.717) is 30.6 Å². The molecule has 0 saturated carbocycles. The van der Waals surface area contributed by atoms with Crippen molar-refractivity contribution in [2.45, 2.75) is 46.0 Å². The van der Waals surface area contributed by atoms with E-state index in [2.05, 4.69) is 15.6 Å². The van der Waals surface area contributed by atoms with Crippen LogP contribution in [0, 0.1) is 5.92 Å². The Bertz CT molecular complexity index is 592. The number of nitrogens with one attached hydrogen (secondary N) is 2. The van der Waals surface area contributed by atoms with Gasteiger partial charge in [-0.3, -0.25) is 4.99 Å². The highest BCUT2D eigenvalue weighted by Crippen LogP contribution is 2.30. The van der Waals surface area contributed by atoms with Crippen LogP contribution in [0.15, 0.2) is 29.3 Å². The number of halogens is 3. The minimum absolute atomic E-state index is 0.128.